The maximum atomic E-state index is 11.3. The van der Waals surface area contributed by atoms with E-state index in [-0.39, 0.29) is 5.96 Å². The molecule has 14 heavy (non-hydrogen) atoms. The number of urea groups is 1. The van der Waals surface area contributed by atoms with E-state index in [1.807, 2.05) is 6.07 Å². The molecule has 0 fully saturated rings. The average Bonchev–Trinajstić information content (AvgIpc) is 2.19. The van der Waals surface area contributed by atoms with Gasteiger partial charge in [0, 0.05) is 7.05 Å². The van der Waals surface area contributed by atoms with Gasteiger partial charge in [0.15, 0.2) is 0 Å². The lowest BCUT2D eigenvalue weighted by molar-refractivity contribution is 0.251. The van der Waals surface area contributed by atoms with Gasteiger partial charge in [0.25, 0.3) is 0 Å². The van der Waals surface area contributed by atoms with Crippen molar-refractivity contribution in [2.24, 2.45) is 5.73 Å². The number of hydrogen-bond acceptors (Lipinski definition) is 2. The Morgan fingerprint density at radius 2 is 2.00 bits per heavy atom. The first-order valence-electron chi connectivity index (χ1n) is 4.07. The molecule has 5 heteroatoms. The van der Waals surface area contributed by atoms with Crippen LogP contribution in [0.4, 0.5) is 10.5 Å². The number of nitrogens with zero attached hydrogens (tertiary/aromatic N) is 1. The van der Waals surface area contributed by atoms with Crippen molar-refractivity contribution in [3.8, 4) is 0 Å². The summed E-state index contributed by atoms with van der Waals surface area (Å²) in [5, 5.41) is 9.68. The molecule has 0 aromatic heterocycles. The van der Waals surface area contributed by atoms with Crippen LogP contribution in [0.25, 0.3) is 0 Å². The Balaban J connectivity index is 3.01. The highest BCUT2D eigenvalue weighted by atomic mass is 16.2. The van der Waals surface area contributed by atoms with Crippen molar-refractivity contribution in [1.29, 1.82) is 5.41 Å². The van der Waals surface area contributed by atoms with E-state index in [1.54, 1.807) is 24.3 Å². The van der Waals surface area contributed by atoms with Crippen LogP contribution < -0.4 is 16.0 Å². The van der Waals surface area contributed by atoms with Crippen molar-refractivity contribution in [3.05, 3.63) is 30.3 Å². The van der Waals surface area contributed by atoms with Gasteiger partial charge in [-0.15, -0.1) is 0 Å². The number of carbonyl (C=O) groups is 1. The molecule has 1 aromatic rings. The van der Waals surface area contributed by atoms with Crippen LogP contribution in [0.2, 0.25) is 0 Å². The highest BCUT2D eigenvalue weighted by molar-refractivity contribution is 6.13. The normalized spacial score (nSPS) is 9.21. The predicted octanol–water partition coefficient (Wildman–Crippen LogP) is 0.726. The minimum atomic E-state index is -0.427. The van der Waals surface area contributed by atoms with Gasteiger partial charge < -0.3 is 11.1 Å². The van der Waals surface area contributed by atoms with E-state index in [4.69, 9.17) is 11.1 Å². The lowest BCUT2D eigenvalue weighted by Crippen LogP contribution is -2.46. The monoisotopic (exact) mass is 192 g/mol. The maximum Gasteiger partial charge on any atom is 0.328 e. The summed E-state index contributed by atoms with van der Waals surface area (Å²) in [6.45, 7) is 0. The molecule has 1 aromatic carbocycles. The lowest BCUT2D eigenvalue weighted by Gasteiger charge is -2.19. The summed E-state index contributed by atoms with van der Waals surface area (Å²) < 4.78 is 0. The summed E-state index contributed by atoms with van der Waals surface area (Å²) in [4.78, 5) is 12.4. The molecular weight excluding hydrogens is 180 g/mol. The van der Waals surface area contributed by atoms with Crippen molar-refractivity contribution >= 4 is 17.7 Å². The number of benzene rings is 1. The van der Waals surface area contributed by atoms with Crippen LogP contribution in [0.5, 0.6) is 0 Å². The molecule has 0 spiro atoms. The van der Waals surface area contributed by atoms with E-state index >= 15 is 0 Å². The fourth-order valence-corrected chi connectivity index (χ4v) is 1.05. The van der Waals surface area contributed by atoms with Gasteiger partial charge in [-0.25, -0.2) is 9.69 Å². The summed E-state index contributed by atoms with van der Waals surface area (Å²) in [5.41, 5.74) is 5.86. The fraction of sp³-hybridized carbons (Fsp3) is 0.111. The van der Waals surface area contributed by atoms with Crippen molar-refractivity contribution < 1.29 is 4.79 Å². The van der Waals surface area contributed by atoms with E-state index < -0.39 is 6.03 Å². The molecule has 0 atom stereocenters. The fourth-order valence-electron chi connectivity index (χ4n) is 1.05. The number of para-hydroxylation sites is 1. The van der Waals surface area contributed by atoms with Crippen molar-refractivity contribution in [3.63, 3.8) is 0 Å². The zero-order valence-electron chi connectivity index (χ0n) is 7.82. The van der Waals surface area contributed by atoms with Gasteiger partial charge in [0.1, 0.15) is 0 Å². The molecule has 0 aliphatic rings. The number of guanidine groups is 1. The SMILES string of the molecule is CNC(=O)N(C(=N)N)c1ccccc1. The Hall–Kier alpha value is -2.04. The zero-order chi connectivity index (χ0) is 10.6. The topological polar surface area (TPSA) is 82.2 Å². The quantitative estimate of drug-likeness (QED) is 0.452. The van der Waals surface area contributed by atoms with E-state index in [0.29, 0.717) is 5.69 Å². The van der Waals surface area contributed by atoms with Crippen molar-refractivity contribution in [2.45, 2.75) is 0 Å². The third-order valence-corrected chi connectivity index (χ3v) is 1.67. The van der Waals surface area contributed by atoms with Crippen LogP contribution in [-0.4, -0.2) is 19.0 Å². The molecule has 0 aliphatic heterocycles. The average molecular weight is 192 g/mol. The first-order chi connectivity index (χ1) is 6.66. The molecule has 0 unspecified atom stereocenters. The van der Waals surface area contributed by atoms with Gasteiger partial charge >= 0.3 is 6.03 Å². The Labute approximate surface area is 82.0 Å². The van der Waals surface area contributed by atoms with Gasteiger partial charge in [-0.3, -0.25) is 5.41 Å². The smallest absolute Gasteiger partial charge is 0.328 e. The standard InChI is InChI=1S/C9H12N4O/c1-12-9(14)13(8(10)11)7-5-3-2-4-6-7/h2-6H,1H3,(H3,10,11)(H,12,14). The molecular formula is C9H12N4O. The van der Waals surface area contributed by atoms with Crippen molar-refractivity contribution in [1.82, 2.24) is 5.32 Å². The summed E-state index contributed by atoms with van der Waals surface area (Å²) in [6, 6.07) is 8.35. The summed E-state index contributed by atoms with van der Waals surface area (Å²) >= 11 is 0. The summed E-state index contributed by atoms with van der Waals surface area (Å²) in [7, 11) is 1.49. The minimum absolute atomic E-state index is 0.310. The van der Waals surface area contributed by atoms with Gasteiger partial charge in [-0.05, 0) is 12.1 Å². The van der Waals surface area contributed by atoms with Crippen LogP contribution in [0.15, 0.2) is 30.3 Å². The second-order valence-electron chi connectivity index (χ2n) is 2.61. The lowest BCUT2D eigenvalue weighted by atomic mass is 10.3. The molecule has 0 bridgehead atoms. The molecule has 2 amide bonds. The second kappa shape index (κ2) is 4.27. The Morgan fingerprint density at radius 3 is 2.43 bits per heavy atom. The molecule has 0 saturated heterocycles. The maximum absolute atomic E-state index is 11.3. The molecule has 0 radical (unpaired) electrons. The molecule has 0 aliphatic carbocycles. The summed E-state index contributed by atoms with van der Waals surface area (Å²) in [5.74, 6) is -0.310. The van der Waals surface area contributed by atoms with Gasteiger partial charge in [0.05, 0.1) is 5.69 Å². The predicted molar refractivity (Wildman–Crippen MR) is 55.3 cm³/mol. The van der Waals surface area contributed by atoms with E-state index in [2.05, 4.69) is 5.32 Å². The highest BCUT2D eigenvalue weighted by Crippen LogP contribution is 2.12. The van der Waals surface area contributed by atoms with E-state index in [9.17, 15) is 4.79 Å². The van der Waals surface area contributed by atoms with Crippen LogP contribution >= 0.6 is 0 Å². The van der Waals surface area contributed by atoms with Gasteiger partial charge in [-0.1, -0.05) is 18.2 Å². The number of rotatable bonds is 1. The number of hydrogen-bond donors (Lipinski definition) is 3. The van der Waals surface area contributed by atoms with Crippen LogP contribution in [-0.2, 0) is 0 Å². The van der Waals surface area contributed by atoms with E-state index in [1.165, 1.54) is 7.05 Å². The van der Waals surface area contributed by atoms with Crippen molar-refractivity contribution in [2.75, 3.05) is 11.9 Å². The molecule has 1 rings (SSSR count). The highest BCUT2D eigenvalue weighted by Gasteiger charge is 2.16. The first-order valence-corrected chi connectivity index (χ1v) is 4.07. The summed E-state index contributed by atoms with van der Waals surface area (Å²) in [6.07, 6.45) is 0. The third kappa shape index (κ3) is 2.01. The Bertz CT molecular complexity index is 336. The third-order valence-electron chi connectivity index (χ3n) is 1.67. The van der Waals surface area contributed by atoms with Gasteiger partial charge in [-0.2, -0.15) is 0 Å². The Kier molecular flexibility index (Phi) is 3.06. The number of carbonyl (C=O) groups excluding carboxylic acids is 1. The molecule has 0 heterocycles. The van der Waals surface area contributed by atoms with Crippen LogP contribution in [0.3, 0.4) is 0 Å². The molecule has 5 nitrogen and oxygen atoms in total. The van der Waals surface area contributed by atoms with Crippen LogP contribution in [0.1, 0.15) is 0 Å². The minimum Gasteiger partial charge on any atom is -0.369 e. The number of amides is 2. The first kappa shape index (κ1) is 10.0. The zero-order valence-corrected chi connectivity index (χ0v) is 7.82. The molecule has 4 N–H and O–H groups in total. The number of nitrogens with one attached hydrogen (secondary N) is 2. The largest absolute Gasteiger partial charge is 0.369 e. The van der Waals surface area contributed by atoms with E-state index in [0.717, 1.165) is 4.90 Å². The number of nitrogens with two attached hydrogens (primary N) is 1. The van der Waals surface area contributed by atoms with Gasteiger partial charge in [0.2, 0.25) is 5.96 Å². The second-order valence-corrected chi connectivity index (χ2v) is 2.61. The molecule has 74 valence electrons. The Morgan fingerprint density at radius 1 is 1.43 bits per heavy atom. The molecule has 0 saturated carbocycles. The van der Waals surface area contributed by atoms with Crippen LogP contribution in [0, 0.1) is 5.41 Å². The number of anilines is 1.